The van der Waals surface area contributed by atoms with Gasteiger partial charge < -0.3 is 14.2 Å². The van der Waals surface area contributed by atoms with E-state index in [1.165, 1.54) is 13.2 Å². The Bertz CT molecular complexity index is 574. The molecule has 0 radical (unpaired) electrons. The summed E-state index contributed by atoms with van der Waals surface area (Å²) in [7, 11) is 1.21. The van der Waals surface area contributed by atoms with Crippen LogP contribution in [0.25, 0.3) is 6.08 Å². The Morgan fingerprint density at radius 2 is 2.33 bits per heavy atom. The quantitative estimate of drug-likeness (QED) is 0.466. The van der Waals surface area contributed by atoms with Crippen LogP contribution < -0.4 is 9.47 Å². The van der Waals surface area contributed by atoms with Crippen molar-refractivity contribution >= 4 is 23.6 Å². The highest BCUT2D eigenvalue weighted by molar-refractivity contribution is 6.32. The maximum atomic E-state index is 11.3. The normalized spacial score (nSPS) is 13.1. The molecule has 0 spiro atoms. The molecule has 0 N–H and O–H groups in total. The number of esters is 1. The van der Waals surface area contributed by atoms with Gasteiger partial charge in [0.05, 0.1) is 12.1 Å². The molecule has 5 nitrogen and oxygen atoms in total. The first kappa shape index (κ1) is 12.3. The van der Waals surface area contributed by atoms with Gasteiger partial charge in [0.1, 0.15) is 11.6 Å². The summed E-state index contributed by atoms with van der Waals surface area (Å²) in [5.74, 6) is 0.243. The second-order valence-corrected chi connectivity index (χ2v) is 3.81. The molecule has 1 aliphatic rings. The van der Waals surface area contributed by atoms with Gasteiger partial charge in [-0.25, -0.2) is 4.79 Å². The van der Waals surface area contributed by atoms with E-state index in [0.717, 1.165) is 0 Å². The van der Waals surface area contributed by atoms with Crippen LogP contribution in [0.2, 0.25) is 5.02 Å². The number of fused-ring (bicyclic) bond motifs is 1. The van der Waals surface area contributed by atoms with Gasteiger partial charge >= 0.3 is 5.97 Å². The molecule has 0 aromatic heterocycles. The minimum absolute atomic E-state index is 0.102. The number of nitriles is 1. The lowest BCUT2D eigenvalue weighted by atomic mass is 10.1. The first-order chi connectivity index (χ1) is 8.65. The zero-order valence-corrected chi connectivity index (χ0v) is 10.2. The minimum atomic E-state index is -0.703. The van der Waals surface area contributed by atoms with Gasteiger partial charge in [-0.05, 0) is 23.8 Å². The average molecular weight is 266 g/mol. The lowest BCUT2D eigenvalue weighted by molar-refractivity contribution is -0.135. The predicted molar refractivity (Wildman–Crippen MR) is 63.2 cm³/mol. The Balaban J connectivity index is 2.41. The number of benzene rings is 1. The van der Waals surface area contributed by atoms with Crippen LogP contribution in [0.3, 0.4) is 0 Å². The van der Waals surface area contributed by atoms with E-state index in [4.69, 9.17) is 26.3 Å². The Morgan fingerprint density at radius 3 is 3.00 bits per heavy atom. The molecule has 6 heteroatoms. The number of nitrogens with zero attached hydrogens (tertiary/aromatic N) is 1. The van der Waals surface area contributed by atoms with E-state index in [2.05, 4.69) is 4.74 Å². The molecule has 0 saturated heterocycles. The first-order valence-electron chi connectivity index (χ1n) is 4.95. The Labute approximate surface area is 108 Å². The van der Waals surface area contributed by atoms with Crippen molar-refractivity contribution < 1.29 is 19.0 Å². The molecular formula is C12H8ClNO4. The maximum Gasteiger partial charge on any atom is 0.348 e. The fourth-order valence-electron chi connectivity index (χ4n) is 1.48. The minimum Gasteiger partial charge on any atom is -0.465 e. The Morgan fingerprint density at radius 1 is 1.56 bits per heavy atom. The molecule has 0 aliphatic carbocycles. The Hall–Kier alpha value is -2.19. The first-order valence-corrected chi connectivity index (χ1v) is 5.32. The smallest absolute Gasteiger partial charge is 0.348 e. The third-order valence-corrected chi connectivity index (χ3v) is 2.57. The third-order valence-electron chi connectivity index (χ3n) is 2.29. The van der Waals surface area contributed by atoms with Crippen molar-refractivity contribution in [2.24, 2.45) is 0 Å². The topological polar surface area (TPSA) is 68.6 Å². The Kier molecular flexibility index (Phi) is 3.40. The van der Waals surface area contributed by atoms with Gasteiger partial charge in [0.15, 0.2) is 11.5 Å². The standard InChI is InChI=1S/C12H8ClNO4/c1-16-12(15)8(5-14)2-7-3-9(13)11-10(4-7)17-6-18-11/h2-4H,6H2,1H3/b8-2-. The molecule has 0 amide bonds. The van der Waals surface area contributed by atoms with Crippen molar-refractivity contribution in [3.8, 4) is 17.6 Å². The molecule has 92 valence electrons. The summed E-state index contributed by atoms with van der Waals surface area (Å²) in [6.07, 6.45) is 1.37. The SMILES string of the molecule is COC(=O)/C(C#N)=C\c1cc(Cl)c2c(c1)OCO2. The van der Waals surface area contributed by atoms with Crippen LogP contribution in [-0.2, 0) is 9.53 Å². The second kappa shape index (κ2) is 4.98. The molecular weight excluding hydrogens is 258 g/mol. The molecule has 0 fully saturated rings. The van der Waals surface area contributed by atoms with Crippen molar-refractivity contribution in [3.05, 3.63) is 28.3 Å². The van der Waals surface area contributed by atoms with Crippen molar-refractivity contribution in [1.29, 1.82) is 5.26 Å². The molecule has 18 heavy (non-hydrogen) atoms. The fourth-order valence-corrected chi connectivity index (χ4v) is 1.76. The number of rotatable bonds is 2. The van der Waals surface area contributed by atoms with Crippen LogP contribution in [0.1, 0.15) is 5.56 Å². The number of hydrogen-bond donors (Lipinski definition) is 0. The number of carbonyl (C=O) groups is 1. The zero-order valence-electron chi connectivity index (χ0n) is 9.40. The zero-order chi connectivity index (χ0) is 13.1. The number of halogens is 1. The highest BCUT2D eigenvalue weighted by Crippen LogP contribution is 2.40. The van der Waals surface area contributed by atoms with Gasteiger partial charge in [-0.1, -0.05) is 11.6 Å². The predicted octanol–water partition coefficient (Wildman–Crippen LogP) is 2.15. The highest BCUT2D eigenvalue weighted by Gasteiger charge is 2.18. The summed E-state index contributed by atoms with van der Waals surface area (Å²) in [6, 6.07) is 4.97. The van der Waals surface area contributed by atoms with Gasteiger partial charge in [-0.2, -0.15) is 5.26 Å². The molecule has 0 atom stereocenters. The maximum absolute atomic E-state index is 11.3. The van der Waals surface area contributed by atoms with Gasteiger partial charge in [0.2, 0.25) is 6.79 Å². The third kappa shape index (κ3) is 2.24. The van der Waals surface area contributed by atoms with Gasteiger partial charge in [-0.15, -0.1) is 0 Å². The molecule has 1 heterocycles. The van der Waals surface area contributed by atoms with E-state index < -0.39 is 5.97 Å². The van der Waals surface area contributed by atoms with Crippen molar-refractivity contribution in [2.45, 2.75) is 0 Å². The van der Waals surface area contributed by atoms with E-state index in [1.54, 1.807) is 18.2 Å². The number of carbonyl (C=O) groups excluding carboxylic acids is 1. The molecule has 1 aromatic rings. The van der Waals surface area contributed by atoms with E-state index in [1.807, 2.05) is 0 Å². The number of hydrogen-bond acceptors (Lipinski definition) is 5. The van der Waals surface area contributed by atoms with E-state index in [0.29, 0.717) is 22.1 Å². The summed E-state index contributed by atoms with van der Waals surface area (Å²) in [5, 5.41) is 9.20. The molecule has 0 saturated carbocycles. The van der Waals surface area contributed by atoms with E-state index in [-0.39, 0.29) is 12.4 Å². The van der Waals surface area contributed by atoms with E-state index in [9.17, 15) is 4.79 Å². The van der Waals surface area contributed by atoms with Crippen LogP contribution in [0.15, 0.2) is 17.7 Å². The lowest BCUT2D eigenvalue weighted by Crippen LogP contribution is -2.02. The van der Waals surface area contributed by atoms with Crippen molar-refractivity contribution in [2.75, 3.05) is 13.9 Å². The van der Waals surface area contributed by atoms with Gasteiger partial charge in [0.25, 0.3) is 0 Å². The molecule has 2 rings (SSSR count). The number of ether oxygens (including phenoxy) is 3. The highest BCUT2D eigenvalue weighted by atomic mass is 35.5. The molecule has 0 unspecified atom stereocenters. The lowest BCUT2D eigenvalue weighted by Gasteiger charge is -2.02. The average Bonchev–Trinajstić information content (AvgIpc) is 2.83. The van der Waals surface area contributed by atoms with E-state index >= 15 is 0 Å². The summed E-state index contributed by atoms with van der Waals surface area (Å²) >= 11 is 5.98. The molecule has 1 aliphatic heterocycles. The summed E-state index contributed by atoms with van der Waals surface area (Å²) < 4.78 is 14.8. The molecule has 1 aromatic carbocycles. The fraction of sp³-hybridized carbons (Fsp3) is 0.167. The van der Waals surface area contributed by atoms with Gasteiger partial charge in [0, 0.05) is 0 Å². The van der Waals surface area contributed by atoms with Crippen LogP contribution in [-0.4, -0.2) is 19.9 Å². The second-order valence-electron chi connectivity index (χ2n) is 3.40. The van der Waals surface area contributed by atoms with Crippen LogP contribution in [0.4, 0.5) is 0 Å². The summed E-state index contributed by atoms with van der Waals surface area (Å²) in [5.41, 5.74) is 0.443. The summed E-state index contributed by atoms with van der Waals surface area (Å²) in [4.78, 5) is 11.3. The summed E-state index contributed by atoms with van der Waals surface area (Å²) in [6.45, 7) is 0.102. The molecule has 0 bridgehead atoms. The van der Waals surface area contributed by atoms with Crippen molar-refractivity contribution in [1.82, 2.24) is 0 Å². The van der Waals surface area contributed by atoms with Crippen LogP contribution in [0.5, 0.6) is 11.5 Å². The largest absolute Gasteiger partial charge is 0.465 e. The van der Waals surface area contributed by atoms with Crippen LogP contribution >= 0.6 is 11.6 Å². The monoisotopic (exact) mass is 265 g/mol. The number of methoxy groups -OCH3 is 1. The van der Waals surface area contributed by atoms with Gasteiger partial charge in [-0.3, -0.25) is 0 Å². The van der Waals surface area contributed by atoms with Crippen molar-refractivity contribution in [3.63, 3.8) is 0 Å². The van der Waals surface area contributed by atoms with Crippen LogP contribution in [0, 0.1) is 11.3 Å².